The number of anilines is 2. The molecular weight excluding hydrogens is 503 g/mol. The maximum atomic E-state index is 4.51. The molecule has 8 nitrogen and oxygen atoms in total. The van der Waals surface area contributed by atoms with Gasteiger partial charge in [0.2, 0.25) is 5.95 Å². The van der Waals surface area contributed by atoms with Crippen molar-refractivity contribution in [1.82, 2.24) is 25.1 Å². The number of piperazine rings is 2. The number of benzene rings is 1. The quantitative estimate of drug-likeness (QED) is 0.354. The summed E-state index contributed by atoms with van der Waals surface area (Å²) in [4.78, 5) is 22.8. The van der Waals surface area contributed by atoms with Crippen LogP contribution in [0.5, 0.6) is 0 Å². The number of rotatable bonds is 5. The minimum Gasteiger partial charge on any atom is -0.368 e. The molecule has 0 amide bonds. The number of aromatic nitrogens is 2. The van der Waals surface area contributed by atoms with E-state index in [1.54, 1.807) is 0 Å². The van der Waals surface area contributed by atoms with Gasteiger partial charge in [-0.2, -0.15) is 0 Å². The lowest BCUT2D eigenvalue weighted by Gasteiger charge is -2.38. The van der Waals surface area contributed by atoms with E-state index in [1.807, 2.05) is 25.5 Å². The normalized spacial score (nSPS) is 18.0. The summed E-state index contributed by atoms with van der Waals surface area (Å²) in [5.41, 5.74) is 1.31. The molecule has 0 radical (unpaired) electrons. The molecule has 3 heterocycles. The number of nitrogens with zero attached hydrogens (tertiary/aromatic N) is 7. The summed E-state index contributed by atoms with van der Waals surface area (Å²) in [5.74, 6) is 1.85. The smallest absolute Gasteiger partial charge is 0.225 e. The van der Waals surface area contributed by atoms with Gasteiger partial charge in [0.05, 0.1) is 0 Å². The Kier molecular flexibility index (Phi) is 9.13. The first-order valence-corrected chi connectivity index (χ1v) is 10.8. The molecule has 0 spiro atoms. The standard InChI is InChI=1S/C22H32N8.HI/c1-23-21(29-18-16-28(17-19-29)20-6-3-2-4-7-20)26-10-11-27-12-14-30(15-13-27)22-24-8-5-9-25-22;/h2-9H,10-19H2,1H3,(H,23,26);1H. The summed E-state index contributed by atoms with van der Waals surface area (Å²) >= 11 is 0. The molecule has 2 aromatic rings. The lowest BCUT2D eigenvalue weighted by atomic mass is 10.2. The fourth-order valence-electron chi connectivity index (χ4n) is 4.10. The topological polar surface area (TPSA) is 63.1 Å². The zero-order chi connectivity index (χ0) is 20.6. The van der Waals surface area contributed by atoms with Gasteiger partial charge in [0, 0.05) is 90.6 Å². The van der Waals surface area contributed by atoms with Crippen LogP contribution in [0, 0.1) is 0 Å². The Hall–Kier alpha value is -2.14. The van der Waals surface area contributed by atoms with Crippen molar-refractivity contribution in [1.29, 1.82) is 0 Å². The molecule has 0 unspecified atom stereocenters. The Balaban J connectivity index is 0.00000272. The summed E-state index contributed by atoms with van der Waals surface area (Å²) in [7, 11) is 1.88. The Labute approximate surface area is 202 Å². The second-order valence-electron chi connectivity index (χ2n) is 7.66. The number of nitrogens with one attached hydrogen (secondary N) is 1. The zero-order valence-corrected chi connectivity index (χ0v) is 20.6. The van der Waals surface area contributed by atoms with Gasteiger partial charge in [-0.3, -0.25) is 9.89 Å². The Morgan fingerprint density at radius 3 is 2.16 bits per heavy atom. The highest BCUT2D eigenvalue weighted by atomic mass is 127. The van der Waals surface area contributed by atoms with Gasteiger partial charge in [-0.1, -0.05) is 18.2 Å². The Morgan fingerprint density at radius 1 is 0.871 bits per heavy atom. The number of halogens is 1. The van der Waals surface area contributed by atoms with Gasteiger partial charge in [-0.05, 0) is 18.2 Å². The highest BCUT2D eigenvalue weighted by Crippen LogP contribution is 2.15. The highest BCUT2D eigenvalue weighted by molar-refractivity contribution is 14.0. The van der Waals surface area contributed by atoms with Crippen molar-refractivity contribution >= 4 is 41.6 Å². The van der Waals surface area contributed by atoms with E-state index in [9.17, 15) is 0 Å². The van der Waals surface area contributed by atoms with E-state index in [4.69, 9.17) is 0 Å². The van der Waals surface area contributed by atoms with Gasteiger partial charge in [0.1, 0.15) is 0 Å². The van der Waals surface area contributed by atoms with E-state index < -0.39 is 0 Å². The van der Waals surface area contributed by atoms with Crippen molar-refractivity contribution in [3.8, 4) is 0 Å². The van der Waals surface area contributed by atoms with Crippen LogP contribution in [0.15, 0.2) is 53.8 Å². The highest BCUT2D eigenvalue weighted by Gasteiger charge is 2.21. The van der Waals surface area contributed by atoms with Crippen molar-refractivity contribution < 1.29 is 0 Å². The van der Waals surface area contributed by atoms with Crippen molar-refractivity contribution in [3.05, 3.63) is 48.8 Å². The molecule has 0 saturated carbocycles. The van der Waals surface area contributed by atoms with E-state index in [0.717, 1.165) is 77.4 Å². The van der Waals surface area contributed by atoms with Crippen LogP contribution in [0.2, 0.25) is 0 Å². The van der Waals surface area contributed by atoms with Crippen LogP contribution in [0.4, 0.5) is 11.6 Å². The van der Waals surface area contributed by atoms with Crippen molar-refractivity contribution in [2.45, 2.75) is 0 Å². The van der Waals surface area contributed by atoms with Gasteiger partial charge in [0.25, 0.3) is 0 Å². The first kappa shape index (κ1) is 23.5. The van der Waals surface area contributed by atoms with Crippen LogP contribution in [0.1, 0.15) is 0 Å². The van der Waals surface area contributed by atoms with Crippen LogP contribution in [-0.2, 0) is 0 Å². The fraction of sp³-hybridized carbons (Fsp3) is 0.500. The van der Waals surface area contributed by atoms with Crippen LogP contribution in [0.3, 0.4) is 0 Å². The summed E-state index contributed by atoms with van der Waals surface area (Å²) in [5, 5.41) is 3.56. The minimum absolute atomic E-state index is 0. The zero-order valence-electron chi connectivity index (χ0n) is 18.2. The van der Waals surface area contributed by atoms with E-state index in [0.29, 0.717) is 0 Å². The molecule has 168 valence electrons. The molecule has 2 aliphatic rings. The number of hydrogen-bond acceptors (Lipinski definition) is 6. The Morgan fingerprint density at radius 2 is 1.52 bits per heavy atom. The largest absolute Gasteiger partial charge is 0.368 e. The lowest BCUT2D eigenvalue weighted by Crippen LogP contribution is -2.54. The number of aliphatic imine (C=N–C) groups is 1. The molecule has 2 aliphatic heterocycles. The van der Waals surface area contributed by atoms with Crippen LogP contribution in [-0.4, -0.2) is 98.2 Å². The molecule has 0 bridgehead atoms. The molecule has 4 rings (SSSR count). The molecule has 1 aromatic heterocycles. The summed E-state index contributed by atoms with van der Waals surface area (Å²) in [6.07, 6.45) is 3.62. The predicted molar refractivity (Wildman–Crippen MR) is 138 cm³/mol. The van der Waals surface area contributed by atoms with E-state index in [-0.39, 0.29) is 24.0 Å². The summed E-state index contributed by atoms with van der Waals surface area (Å²) in [6.45, 7) is 9.97. The maximum Gasteiger partial charge on any atom is 0.225 e. The fourth-order valence-corrected chi connectivity index (χ4v) is 4.10. The third-order valence-electron chi connectivity index (χ3n) is 5.83. The summed E-state index contributed by atoms with van der Waals surface area (Å²) < 4.78 is 0. The average Bonchev–Trinajstić information content (AvgIpc) is 2.84. The SMILES string of the molecule is CN=C(NCCN1CCN(c2ncccn2)CC1)N1CCN(c2ccccc2)CC1.I. The van der Waals surface area contributed by atoms with E-state index >= 15 is 0 Å². The minimum atomic E-state index is 0. The second kappa shape index (κ2) is 12.0. The first-order chi connectivity index (χ1) is 14.8. The molecule has 1 aromatic carbocycles. The molecule has 9 heteroatoms. The van der Waals surface area contributed by atoms with Gasteiger partial charge in [-0.25, -0.2) is 9.97 Å². The molecule has 0 atom stereocenters. The monoisotopic (exact) mass is 536 g/mol. The maximum absolute atomic E-state index is 4.51. The van der Waals surface area contributed by atoms with Crippen molar-refractivity contribution in [3.63, 3.8) is 0 Å². The lowest BCUT2D eigenvalue weighted by molar-refractivity contribution is 0.258. The molecule has 31 heavy (non-hydrogen) atoms. The number of hydrogen-bond donors (Lipinski definition) is 1. The van der Waals surface area contributed by atoms with Crippen LogP contribution < -0.4 is 15.1 Å². The molecule has 1 N–H and O–H groups in total. The Bertz CT molecular complexity index is 788. The van der Waals surface area contributed by atoms with Crippen LogP contribution in [0.25, 0.3) is 0 Å². The third kappa shape index (κ3) is 6.42. The summed E-state index contributed by atoms with van der Waals surface area (Å²) in [6, 6.07) is 12.5. The molecule has 0 aliphatic carbocycles. The third-order valence-corrected chi connectivity index (χ3v) is 5.83. The van der Waals surface area contributed by atoms with Gasteiger partial charge < -0.3 is 20.0 Å². The van der Waals surface area contributed by atoms with Crippen molar-refractivity contribution in [2.24, 2.45) is 4.99 Å². The van der Waals surface area contributed by atoms with Gasteiger partial charge in [-0.15, -0.1) is 24.0 Å². The first-order valence-electron chi connectivity index (χ1n) is 10.8. The van der Waals surface area contributed by atoms with Gasteiger partial charge in [0.15, 0.2) is 5.96 Å². The predicted octanol–water partition coefficient (Wildman–Crippen LogP) is 1.61. The second-order valence-corrected chi connectivity index (χ2v) is 7.66. The van der Waals surface area contributed by atoms with E-state index in [1.165, 1.54) is 5.69 Å². The molecule has 2 fully saturated rings. The van der Waals surface area contributed by atoms with Gasteiger partial charge >= 0.3 is 0 Å². The van der Waals surface area contributed by atoms with Crippen molar-refractivity contribution in [2.75, 3.05) is 82.3 Å². The molecule has 2 saturated heterocycles. The van der Waals surface area contributed by atoms with E-state index in [2.05, 4.69) is 70.2 Å². The number of para-hydroxylation sites is 1. The average molecular weight is 536 g/mol. The van der Waals surface area contributed by atoms with Crippen LogP contribution >= 0.6 is 24.0 Å². The molecular formula is C22H33IN8. The number of guanidine groups is 1.